The van der Waals surface area contributed by atoms with E-state index >= 15 is 0 Å². The molecule has 5 nitrogen and oxygen atoms in total. The molecule has 24 heavy (non-hydrogen) atoms. The third-order valence-corrected chi connectivity index (χ3v) is 4.08. The first-order valence-corrected chi connectivity index (χ1v) is 7.89. The van der Waals surface area contributed by atoms with Crippen LogP contribution < -0.4 is 10.1 Å². The fraction of sp³-hybridized carbons (Fsp3) is 0.143. The standard InChI is InChI=1S/C14H9Cl2F2NO4S/c15-10-5-7(12(16)24-10)13(21)22-6-11(20)19-8-3-1-2-4-9(8)23-14(17)18/h1-5,14H,6H2,(H,19,20). The maximum absolute atomic E-state index is 12.3. The predicted molar refractivity (Wildman–Crippen MR) is 86.3 cm³/mol. The summed E-state index contributed by atoms with van der Waals surface area (Å²) in [5, 5.41) is 2.31. The highest BCUT2D eigenvalue weighted by molar-refractivity contribution is 7.20. The zero-order chi connectivity index (χ0) is 17.7. The molecule has 128 valence electrons. The molecule has 0 spiro atoms. The maximum Gasteiger partial charge on any atom is 0.387 e. The van der Waals surface area contributed by atoms with Crippen molar-refractivity contribution < 1.29 is 27.8 Å². The molecule has 0 aliphatic carbocycles. The molecule has 2 aromatic rings. The van der Waals surface area contributed by atoms with Gasteiger partial charge in [-0.25, -0.2) is 4.79 Å². The normalized spacial score (nSPS) is 10.5. The highest BCUT2D eigenvalue weighted by atomic mass is 35.5. The number of rotatable bonds is 6. The van der Waals surface area contributed by atoms with Crippen LogP contribution in [0.5, 0.6) is 5.75 Å². The van der Waals surface area contributed by atoms with Crippen LogP contribution in [0.25, 0.3) is 0 Å². The average molecular weight is 396 g/mol. The van der Waals surface area contributed by atoms with Crippen molar-refractivity contribution in [2.45, 2.75) is 6.61 Å². The molecule has 1 amide bonds. The highest BCUT2D eigenvalue weighted by Gasteiger charge is 2.18. The zero-order valence-corrected chi connectivity index (χ0v) is 14.1. The Morgan fingerprint density at radius 1 is 1.25 bits per heavy atom. The van der Waals surface area contributed by atoms with Gasteiger partial charge in [0, 0.05) is 0 Å². The molecule has 0 saturated carbocycles. The Labute approximate surface area is 149 Å². The van der Waals surface area contributed by atoms with Crippen LogP contribution in [0.15, 0.2) is 30.3 Å². The minimum absolute atomic E-state index is 0.0236. The molecule has 0 atom stereocenters. The van der Waals surface area contributed by atoms with Gasteiger partial charge in [-0.2, -0.15) is 8.78 Å². The lowest BCUT2D eigenvalue weighted by atomic mass is 10.3. The van der Waals surface area contributed by atoms with Gasteiger partial charge in [-0.3, -0.25) is 4.79 Å². The van der Waals surface area contributed by atoms with Gasteiger partial charge in [-0.15, -0.1) is 11.3 Å². The Hall–Kier alpha value is -1.90. The lowest BCUT2D eigenvalue weighted by Crippen LogP contribution is -2.21. The van der Waals surface area contributed by atoms with Crippen molar-refractivity contribution in [2.75, 3.05) is 11.9 Å². The molecule has 0 aliphatic rings. The number of hydrogen-bond donors (Lipinski definition) is 1. The molecule has 10 heteroatoms. The Kier molecular flexibility index (Phi) is 6.36. The van der Waals surface area contributed by atoms with Crippen LogP contribution in [0.2, 0.25) is 8.67 Å². The smallest absolute Gasteiger partial charge is 0.387 e. The lowest BCUT2D eigenvalue weighted by molar-refractivity contribution is -0.119. The van der Waals surface area contributed by atoms with E-state index in [4.69, 9.17) is 27.9 Å². The number of carbonyl (C=O) groups is 2. The summed E-state index contributed by atoms with van der Waals surface area (Å²) in [4.78, 5) is 23.6. The van der Waals surface area contributed by atoms with E-state index in [1.165, 1.54) is 30.3 Å². The molecule has 1 aromatic heterocycles. The quantitative estimate of drug-likeness (QED) is 0.733. The predicted octanol–water partition coefficient (Wildman–Crippen LogP) is 4.45. The van der Waals surface area contributed by atoms with E-state index in [0.29, 0.717) is 4.34 Å². The summed E-state index contributed by atoms with van der Waals surface area (Å²) < 4.78 is 34.1. The summed E-state index contributed by atoms with van der Waals surface area (Å²) in [6.45, 7) is -3.67. The number of nitrogens with one attached hydrogen (secondary N) is 1. The number of hydrogen-bond acceptors (Lipinski definition) is 5. The van der Waals surface area contributed by atoms with Crippen molar-refractivity contribution in [1.29, 1.82) is 0 Å². The lowest BCUT2D eigenvalue weighted by Gasteiger charge is -2.11. The number of esters is 1. The molecule has 0 unspecified atom stereocenters. The third-order valence-electron chi connectivity index (χ3n) is 2.59. The third kappa shape index (κ3) is 5.05. The Balaban J connectivity index is 1.94. The minimum Gasteiger partial charge on any atom is -0.452 e. The van der Waals surface area contributed by atoms with Crippen LogP contribution in [0.1, 0.15) is 10.4 Å². The summed E-state index contributed by atoms with van der Waals surface area (Å²) in [7, 11) is 0. The minimum atomic E-state index is -3.04. The first kappa shape index (κ1) is 18.4. The van der Waals surface area contributed by atoms with Crippen molar-refractivity contribution in [3.05, 3.63) is 44.6 Å². The second kappa shape index (κ2) is 8.27. The second-order valence-corrected chi connectivity index (χ2v) is 6.52. The van der Waals surface area contributed by atoms with Crippen molar-refractivity contribution in [3.63, 3.8) is 0 Å². The van der Waals surface area contributed by atoms with Gasteiger partial charge in [0.2, 0.25) is 0 Å². The number of thiophene rings is 1. The second-order valence-electron chi connectivity index (χ2n) is 4.24. The van der Waals surface area contributed by atoms with Crippen molar-refractivity contribution in [3.8, 4) is 5.75 Å². The number of alkyl halides is 2. The fourth-order valence-electron chi connectivity index (χ4n) is 1.64. The number of halogens is 4. The molecular weight excluding hydrogens is 387 g/mol. The van der Waals surface area contributed by atoms with Crippen molar-refractivity contribution in [1.82, 2.24) is 0 Å². The molecule has 1 N–H and O–H groups in total. The molecule has 0 aliphatic heterocycles. The van der Waals surface area contributed by atoms with Gasteiger partial charge in [-0.1, -0.05) is 35.3 Å². The summed E-state index contributed by atoms with van der Waals surface area (Å²) in [5.74, 6) is -1.76. The van der Waals surface area contributed by atoms with E-state index in [1.54, 1.807) is 0 Å². The van der Waals surface area contributed by atoms with E-state index in [0.717, 1.165) is 11.3 Å². The number of benzene rings is 1. The number of ether oxygens (including phenoxy) is 2. The van der Waals surface area contributed by atoms with E-state index < -0.39 is 25.1 Å². The Bertz CT molecular complexity index is 754. The van der Waals surface area contributed by atoms with Crippen LogP contribution in [0.3, 0.4) is 0 Å². The van der Waals surface area contributed by atoms with E-state index in [9.17, 15) is 18.4 Å². The van der Waals surface area contributed by atoms with E-state index in [2.05, 4.69) is 10.1 Å². The highest BCUT2D eigenvalue weighted by Crippen LogP contribution is 2.31. The molecule has 1 aromatic carbocycles. The van der Waals surface area contributed by atoms with Crippen LogP contribution in [-0.4, -0.2) is 25.1 Å². The van der Waals surface area contributed by atoms with Gasteiger partial charge >= 0.3 is 12.6 Å². The number of para-hydroxylation sites is 2. The summed E-state index contributed by atoms with van der Waals surface area (Å²) in [6, 6.07) is 6.94. The van der Waals surface area contributed by atoms with Crippen LogP contribution >= 0.6 is 34.5 Å². The van der Waals surface area contributed by atoms with E-state index in [1.807, 2.05) is 0 Å². The van der Waals surface area contributed by atoms with Gasteiger partial charge in [0.25, 0.3) is 5.91 Å². The number of amides is 1. The average Bonchev–Trinajstić information content (AvgIpc) is 2.85. The molecule has 1 heterocycles. The van der Waals surface area contributed by atoms with Crippen molar-refractivity contribution in [2.24, 2.45) is 0 Å². The zero-order valence-electron chi connectivity index (χ0n) is 11.7. The Morgan fingerprint density at radius 3 is 2.58 bits per heavy atom. The maximum atomic E-state index is 12.3. The van der Waals surface area contributed by atoms with Crippen LogP contribution in [0.4, 0.5) is 14.5 Å². The number of anilines is 1. The molecule has 0 fully saturated rings. The summed E-state index contributed by atoms with van der Waals surface area (Å²) >= 11 is 12.5. The Morgan fingerprint density at radius 2 is 1.96 bits per heavy atom. The topological polar surface area (TPSA) is 64.6 Å². The van der Waals surface area contributed by atoms with Crippen LogP contribution in [0, 0.1) is 0 Å². The first-order chi connectivity index (χ1) is 11.4. The largest absolute Gasteiger partial charge is 0.452 e. The van der Waals surface area contributed by atoms with Gasteiger partial charge in [0.05, 0.1) is 15.6 Å². The van der Waals surface area contributed by atoms with Crippen LogP contribution in [-0.2, 0) is 9.53 Å². The van der Waals surface area contributed by atoms with Gasteiger partial charge < -0.3 is 14.8 Å². The first-order valence-electron chi connectivity index (χ1n) is 6.32. The monoisotopic (exact) mass is 395 g/mol. The fourth-order valence-corrected chi connectivity index (χ4v) is 3.08. The van der Waals surface area contributed by atoms with Gasteiger partial charge in [-0.05, 0) is 18.2 Å². The van der Waals surface area contributed by atoms with Gasteiger partial charge in [0.15, 0.2) is 6.61 Å². The summed E-state index contributed by atoms with van der Waals surface area (Å²) in [5.41, 5.74) is 0.0661. The molecule has 2 rings (SSSR count). The molecular formula is C14H9Cl2F2NO4S. The molecule has 0 radical (unpaired) electrons. The molecule has 0 bridgehead atoms. The SMILES string of the molecule is O=C(COC(=O)c1cc(Cl)sc1Cl)Nc1ccccc1OC(F)F. The molecule has 0 saturated heterocycles. The summed E-state index contributed by atoms with van der Waals surface area (Å²) in [6.07, 6.45) is 0. The van der Waals surface area contributed by atoms with E-state index in [-0.39, 0.29) is 21.3 Å². The van der Waals surface area contributed by atoms with Crippen molar-refractivity contribution >= 4 is 52.1 Å². The van der Waals surface area contributed by atoms with Gasteiger partial charge in [0.1, 0.15) is 10.1 Å². The number of carbonyl (C=O) groups excluding carboxylic acids is 2.